The molecule has 0 aliphatic heterocycles. The third-order valence-electron chi connectivity index (χ3n) is 4.70. The zero-order chi connectivity index (χ0) is 19.3. The van der Waals surface area contributed by atoms with Crippen LogP contribution in [0.25, 0.3) is 11.0 Å². The van der Waals surface area contributed by atoms with Crippen LogP contribution in [-0.2, 0) is 24.3 Å². The van der Waals surface area contributed by atoms with Crippen molar-refractivity contribution in [1.82, 2.24) is 4.90 Å². The molecule has 0 atom stereocenters. The van der Waals surface area contributed by atoms with Gasteiger partial charge in [0.05, 0.1) is 32.6 Å². The molecule has 142 valence electrons. The molecular weight excluding hydrogens is 354 g/mol. The van der Waals surface area contributed by atoms with E-state index in [2.05, 4.69) is 0 Å². The minimum absolute atomic E-state index is 0.00535. The summed E-state index contributed by atoms with van der Waals surface area (Å²) in [5.41, 5.74) is 2.65. The van der Waals surface area contributed by atoms with Gasteiger partial charge in [-0.3, -0.25) is 4.79 Å². The fourth-order valence-electron chi connectivity index (χ4n) is 3.23. The zero-order valence-corrected chi connectivity index (χ0v) is 15.6. The van der Waals surface area contributed by atoms with E-state index in [9.17, 15) is 4.79 Å². The minimum atomic E-state index is 0.00535. The SMILES string of the molecule is COc1ccc2occ(CC(=O)N(Cc3ccccc3)Cc3ccco3)c2c1. The van der Waals surface area contributed by atoms with Crippen molar-refractivity contribution in [3.8, 4) is 5.75 Å². The van der Waals surface area contributed by atoms with Gasteiger partial charge in [0.25, 0.3) is 0 Å². The first kappa shape index (κ1) is 17.9. The summed E-state index contributed by atoms with van der Waals surface area (Å²) >= 11 is 0. The fourth-order valence-corrected chi connectivity index (χ4v) is 3.23. The van der Waals surface area contributed by atoms with E-state index in [0.29, 0.717) is 13.1 Å². The van der Waals surface area contributed by atoms with Crippen LogP contribution in [0.1, 0.15) is 16.9 Å². The first-order valence-corrected chi connectivity index (χ1v) is 9.11. The number of benzene rings is 2. The molecule has 5 nitrogen and oxygen atoms in total. The molecule has 0 saturated carbocycles. The first-order valence-electron chi connectivity index (χ1n) is 9.11. The highest BCUT2D eigenvalue weighted by Crippen LogP contribution is 2.26. The largest absolute Gasteiger partial charge is 0.497 e. The number of furan rings is 2. The molecule has 28 heavy (non-hydrogen) atoms. The smallest absolute Gasteiger partial charge is 0.227 e. The average Bonchev–Trinajstić information content (AvgIpc) is 3.38. The van der Waals surface area contributed by atoms with E-state index in [1.165, 1.54) is 0 Å². The lowest BCUT2D eigenvalue weighted by Crippen LogP contribution is -2.31. The number of carbonyl (C=O) groups excluding carboxylic acids is 1. The van der Waals surface area contributed by atoms with Crippen molar-refractivity contribution in [2.75, 3.05) is 7.11 Å². The Balaban J connectivity index is 1.58. The number of hydrogen-bond donors (Lipinski definition) is 0. The lowest BCUT2D eigenvalue weighted by Gasteiger charge is -2.22. The lowest BCUT2D eigenvalue weighted by molar-refractivity contribution is -0.132. The minimum Gasteiger partial charge on any atom is -0.497 e. The van der Waals surface area contributed by atoms with Crippen molar-refractivity contribution in [2.45, 2.75) is 19.5 Å². The molecule has 2 aromatic carbocycles. The van der Waals surface area contributed by atoms with Gasteiger partial charge in [0.15, 0.2) is 0 Å². The van der Waals surface area contributed by atoms with Crippen LogP contribution in [0.3, 0.4) is 0 Å². The van der Waals surface area contributed by atoms with E-state index in [0.717, 1.165) is 33.6 Å². The molecule has 0 saturated heterocycles. The monoisotopic (exact) mass is 375 g/mol. The van der Waals surface area contributed by atoms with Crippen LogP contribution in [0, 0.1) is 0 Å². The molecule has 0 spiro atoms. The molecule has 2 heterocycles. The highest BCUT2D eigenvalue weighted by Gasteiger charge is 2.19. The molecule has 5 heteroatoms. The Hall–Kier alpha value is -3.47. The second-order valence-electron chi connectivity index (χ2n) is 6.61. The quantitative estimate of drug-likeness (QED) is 0.465. The predicted molar refractivity (Wildman–Crippen MR) is 106 cm³/mol. The van der Waals surface area contributed by atoms with Gasteiger partial charge in [-0.2, -0.15) is 0 Å². The number of ether oxygens (including phenoxy) is 1. The van der Waals surface area contributed by atoms with Gasteiger partial charge in [-0.15, -0.1) is 0 Å². The number of amides is 1. The number of hydrogen-bond acceptors (Lipinski definition) is 4. The van der Waals surface area contributed by atoms with Gasteiger partial charge in [-0.1, -0.05) is 30.3 Å². The van der Waals surface area contributed by atoms with Crippen LogP contribution < -0.4 is 4.74 Å². The van der Waals surface area contributed by atoms with Crippen LogP contribution in [0.2, 0.25) is 0 Å². The van der Waals surface area contributed by atoms with Crippen molar-refractivity contribution >= 4 is 16.9 Å². The summed E-state index contributed by atoms with van der Waals surface area (Å²) in [5, 5.41) is 0.894. The number of methoxy groups -OCH3 is 1. The third-order valence-corrected chi connectivity index (χ3v) is 4.70. The van der Waals surface area contributed by atoms with Gasteiger partial charge in [-0.25, -0.2) is 0 Å². The summed E-state index contributed by atoms with van der Waals surface area (Å²) in [7, 11) is 1.62. The zero-order valence-electron chi connectivity index (χ0n) is 15.6. The Morgan fingerprint density at radius 1 is 1.00 bits per heavy atom. The highest BCUT2D eigenvalue weighted by molar-refractivity contribution is 5.88. The van der Waals surface area contributed by atoms with Crippen molar-refractivity contribution in [1.29, 1.82) is 0 Å². The first-order chi connectivity index (χ1) is 13.7. The molecule has 0 radical (unpaired) electrons. The van der Waals surface area contributed by atoms with E-state index >= 15 is 0 Å². The van der Waals surface area contributed by atoms with Crippen molar-refractivity contribution in [3.63, 3.8) is 0 Å². The van der Waals surface area contributed by atoms with Crippen LogP contribution in [0.5, 0.6) is 5.75 Å². The maximum atomic E-state index is 13.2. The number of carbonyl (C=O) groups is 1. The molecule has 2 aromatic heterocycles. The Bertz CT molecular complexity index is 1050. The molecular formula is C23H21NO4. The molecule has 0 N–H and O–H groups in total. The van der Waals surface area contributed by atoms with Crippen molar-refractivity contribution < 1.29 is 18.4 Å². The lowest BCUT2D eigenvalue weighted by atomic mass is 10.1. The maximum Gasteiger partial charge on any atom is 0.227 e. The van der Waals surface area contributed by atoms with Crippen LogP contribution >= 0.6 is 0 Å². The maximum absolute atomic E-state index is 13.2. The summed E-state index contributed by atoms with van der Waals surface area (Å²) < 4.78 is 16.4. The Labute approximate surface area is 163 Å². The summed E-state index contributed by atoms with van der Waals surface area (Å²) in [6.45, 7) is 0.930. The molecule has 1 amide bonds. The summed E-state index contributed by atoms with van der Waals surface area (Å²) in [6, 6.07) is 19.2. The molecule has 0 unspecified atom stereocenters. The Morgan fingerprint density at radius 3 is 2.61 bits per heavy atom. The normalized spacial score (nSPS) is 10.9. The van der Waals surface area contributed by atoms with Gasteiger partial charge in [-0.05, 0) is 35.9 Å². The van der Waals surface area contributed by atoms with E-state index in [1.807, 2.05) is 60.7 Å². The van der Waals surface area contributed by atoms with E-state index < -0.39 is 0 Å². The molecule has 0 aliphatic rings. The summed E-state index contributed by atoms with van der Waals surface area (Å²) in [5.74, 6) is 1.49. The third kappa shape index (κ3) is 3.93. The predicted octanol–water partition coefficient (Wildman–Crippen LogP) is 4.81. The van der Waals surface area contributed by atoms with E-state index in [1.54, 1.807) is 24.5 Å². The van der Waals surface area contributed by atoms with Crippen LogP contribution in [-0.4, -0.2) is 17.9 Å². The van der Waals surface area contributed by atoms with Gasteiger partial charge in [0.2, 0.25) is 5.91 Å². The molecule has 4 aromatic rings. The van der Waals surface area contributed by atoms with Crippen molar-refractivity contribution in [2.24, 2.45) is 0 Å². The van der Waals surface area contributed by atoms with E-state index in [-0.39, 0.29) is 12.3 Å². The summed E-state index contributed by atoms with van der Waals surface area (Å²) in [6.07, 6.45) is 3.51. The topological polar surface area (TPSA) is 55.8 Å². The van der Waals surface area contributed by atoms with Crippen LogP contribution in [0.4, 0.5) is 0 Å². The highest BCUT2D eigenvalue weighted by atomic mass is 16.5. The number of nitrogens with zero attached hydrogens (tertiary/aromatic N) is 1. The number of rotatable bonds is 7. The van der Waals surface area contributed by atoms with Crippen molar-refractivity contribution in [3.05, 3.63) is 90.1 Å². The molecule has 0 aliphatic carbocycles. The second kappa shape index (κ2) is 8.05. The second-order valence-corrected chi connectivity index (χ2v) is 6.61. The average molecular weight is 375 g/mol. The van der Waals surface area contributed by atoms with Crippen LogP contribution in [0.15, 0.2) is 82.0 Å². The molecule has 0 fully saturated rings. The van der Waals surface area contributed by atoms with Gasteiger partial charge in [0.1, 0.15) is 17.1 Å². The molecule has 0 bridgehead atoms. The van der Waals surface area contributed by atoms with Gasteiger partial charge < -0.3 is 18.5 Å². The Kier molecular flexibility index (Phi) is 5.15. The van der Waals surface area contributed by atoms with Gasteiger partial charge >= 0.3 is 0 Å². The standard InChI is InChI=1S/C23H21NO4/c1-26-19-9-10-22-21(13-19)18(16-28-22)12-23(25)24(15-20-8-5-11-27-20)14-17-6-3-2-4-7-17/h2-11,13,16H,12,14-15H2,1H3. The van der Waals surface area contributed by atoms with E-state index in [4.69, 9.17) is 13.6 Å². The van der Waals surface area contributed by atoms with Gasteiger partial charge in [0, 0.05) is 17.5 Å². The molecule has 4 rings (SSSR count). The summed E-state index contributed by atoms with van der Waals surface area (Å²) in [4.78, 5) is 14.9. The Morgan fingerprint density at radius 2 is 1.86 bits per heavy atom. The number of fused-ring (bicyclic) bond motifs is 1. The fraction of sp³-hybridized carbons (Fsp3) is 0.174.